The summed E-state index contributed by atoms with van der Waals surface area (Å²) in [6.07, 6.45) is 4.10. The zero-order valence-electron chi connectivity index (χ0n) is 8.07. The van der Waals surface area contributed by atoms with E-state index in [4.69, 9.17) is 11.6 Å². The van der Waals surface area contributed by atoms with Crippen molar-refractivity contribution in [2.45, 2.75) is 35.9 Å². The maximum Gasteiger partial charge on any atom is 0.250 e. The molecule has 1 aromatic rings. The lowest BCUT2D eigenvalue weighted by molar-refractivity contribution is 0.554. The molecule has 0 unspecified atom stereocenters. The number of hydrogen-bond acceptors (Lipinski definition) is 3. The third-order valence-electron chi connectivity index (χ3n) is 2.49. The van der Waals surface area contributed by atoms with Gasteiger partial charge in [-0.1, -0.05) is 24.4 Å². The molecule has 0 saturated heterocycles. The lowest BCUT2D eigenvalue weighted by Gasteiger charge is -2.10. The highest BCUT2D eigenvalue weighted by Gasteiger charge is 2.23. The van der Waals surface area contributed by atoms with Crippen LogP contribution in [0.2, 0.25) is 4.34 Å². The third-order valence-corrected chi connectivity index (χ3v) is 5.73. The zero-order valence-corrected chi connectivity index (χ0v) is 10.5. The molecular weight excluding hydrogens is 254 g/mol. The van der Waals surface area contributed by atoms with Crippen LogP contribution in [0.1, 0.15) is 25.7 Å². The van der Waals surface area contributed by atoms with Gasteiger partial charge in [0.15, 0.2) is 0 Å². The van der Waals surface area contributed by atoms with Crippen LogP contribution in [0.4, 0.5) is 0 Å². The van der Waals surface area contributed by atoms with Crippen LogP contribution in [-0.2, 0) is 10.0 Å². The monoisotopic (exact) mass is 265 g/mol. The molecule has 0 radical (unpaired) electrons. The topological polar surface area (TPSA) is 46.2 Å². The summed E-state index contributed by atoms with van der Waals surface area (Å²) in [6, 6.07) is 3.26. The van der Waals surface area contributed by atoms with Crippen LogP contribution >= 0.6 is 22.9 Å². The smallest absolute Gasteiger partial charge is 0.207 e. The predicted molar refractivity (Wildman–Crippen MR) is 61.9 cm³/mol. The van der Waals surface area contributed by atoms with E-state index in [0.717, 1.165) is 37.0 Å². The summed E-state index contributed by atoms with van der Waals surface area (Å²) in [7, 11) is -3.34. The molecule has 1 aromatic heterocycles. The lowest BCUT2D eigenvalue weighted by Crippen LogP contribution is -2.32. The molecule has 6 heteroatoms. The molecule has 1 fully saturated rings. The normalized spacial score (nSPS) is 18.5. The van der Waals surface area contributed by atoms with Gasteiger partial charge in [-0.3, -0.25) is 0 Å². The molecule has 0 bridgehead atoms. The van der Waals surface area contributed by atoms with Crippen molar-refractivity contribution < 1.29 is 8.42 Å². The number of nitrogens with one attached hydrogen (secondary N) is 1. The van der Waals surface area contributed by atoms with Crippen molar-refractivity contribution in [3.63, 3.8) is 0 Å². The fourth-order valence-electron chi connectivity index (χ4n) is 1.76. The fourth-order valence-corrected chi connectivity index (χ4v) is 4.57. The van der Waals surface area contributed by atoms with Gasteiger partial charge in [0.25, 0.3) is 0 Å². The van der Waals surface area contributed by atoms with Gasteiger partial charge in [-0.15, -0.1) is 11.3 Å². The summed E-state index contributed by atoms with van der Waals surface area (Å²) in [6.45, 7) is 0. The van der Waals surface area contributed by atoms with E-state index in [0.29, 0.717) is 8.55 Å². The Labute approximate surface area is 98.5 Å². The fraction of sp³-hybridized carbons (Fsp3) is 0.556. The van der Waals surface area contributed by atoms with Crippen molar-refractivity contribution in [2.24, 2.45) is 0 Å². The van der Waals surface area contributed by atoms with Gasteiger partial charge in [0.2, 0.25) is 10.0 Å². The quantitative estimate of drug-likeness (QED) is 0.913. The molecular formula is C9H12ClNO2S2. The van der Waals surface area contributed by atoms with Gasteiger partial charge >= 0.3 is 0 Å². The van der Waals surface area contributed by atoms with Crippen LogP contribution in [0.25, 0.3) is 0 Å². The van der Waals surface area contributed by atoms with E-state index in [9.17, 15) is 8.42 Å². The molecule has 0 aromatic carbocycles. The minimum atomic E-state index is -3.34. The van der Waals surface area contributed by atoms with E-state index in [1.165, 1.54) is 0 Å². The molecule has 1 aliphatic rings. The van der Waals surface area contributed by atoms with Crippen molar-refractivity contribution in [1.82, 2.24) is 4.72 Å². The second-order valence-electron chi connectivity index (χ2n) is 3.66. The summed E-state index contributed by atoms with van der Waals surface area (Å²) in [5.74, 6) is 0. The Morgan fingerprint density at radius 2 is 2.00 bits per heavy atom. The Kier molecular flexibility index (Phi) is 3.35. The molecule has 1 aliphatic carbocycles. The Morgan fingerprint density at radius 3 is 2.53 bits per heavy atom. The zero-order chi connectivity index (χ0) is 10.9. The number of rotatable bonds is 3. The molecule has 1 heterocycles. The van der Waals surface area contributed by atoms with Gasteiger partial charge in [-0.2, -0.15) is 0 Å². The summed E-state index contributed by atoms with van der Waals surface area (Å²) in [5.41, 5.74) is 0. The first-order chi connectivity index (χ1) is 7.08. The molecule has 3 nitrogen and oxygen atoms in total. The molecule has 1 saturated carbocycles. The first kappa shape index (κ1) is 11.4. The minimum Gasteiger partial charge on any atom is -0.207 e. The Hall–Kier alpha value is -0.100. The standard InChI is InChI=1S/C9H12ClNO2S2/c10-8-5-6-9(14-8)15(12,13)11-7-3-1-2-4-7/h5-7,11H,1-4H2. The van der Waals surface area contributed by atoms with Crippen molar-refractivity contribution in [3.8, 4) is 0 Å². The average molecular weight is 266 g/mol. The summed E-state index contributed by atoms with van der Waals surface area (Å²) < 4.78 is 27.2. The van der Waals surface area contributed by atoms with E-state index < -0.39 is 10.0 Å². The Morgan fingerprint density at radius 1 is 1.33 bits per heavy atom. The summed E-state index contributed by atoms with van der Waals surface area (Å²) >= 11 is 6.80. The van der Waals surface area contributed by atoms with Gasteiger partial charge < -0.3 is 0 Å². The third kappa shape index (κ3) is 2.72. The Balaban J connectivity index is 2.12. The maximum atomic E-state index is 11.8. The van der Waals surface area contributed by atoms with E-state index >= 15 is 0 Å². The van der Waals surface area contributed by atoms with Crippen molar-refractivity contribution >= 4 is 33.0 Å². The number of halogens is 1. The number of sulfonamides is 1. The van der Waals surface area contributed by atoms with Crippen molar-refractivity contribution in [2.75, 3.05) is 0 Å². The molecule has 1 N–H and O–H groups in total. The molecule has 15 heavy (non-hydrogen) atoms. The molecule has 0 amide bonds. The van der Waals surface area contributed by atoms with Crippen LogP contribution in [0, 0.1) is 0 Å². The summed E-state index contributed by atoms with van der Waals surface area (Å²) in [4.78, 5) is 0. The van der Waals surface area contributed by atoms with Crippen LogP contribution in [0.5, 0.6) is 0 Å². The highest BCUT2D eigenvalue weighted by Crippen LogP contribution is 2.27. The van der Waals surface area contributed by atoms with Crippen molar-refractivity contribution in [3.05, 3.63) is 16.5 Å². The van der Waals surface area contributed by atoms with Gasteiger partial charge in [-0.05, 0) is 25.0 Å². The maximum absolute atomic E-state index is 11.8. The van der Waals surface area contributed by atoms with Crippen LogP contribution in [0.3, 0.4) is 0 Å². The first-order valence-corrected chi connectivity index (χ1v) is 7.53. The molecule has 0 atom stereocenters. The second-order valence-corrected chi connectivity index (χ2v) is 7.32. The van der Waals surface area contributed by atoms with Crippen molar-refractivity contribution in [1.29, 1.82) is 0 Å². The second kappa shape index (κ2) is 4.41. The molecule has 84 valence electrons. The largest absolute Gasteiger partial charge is 0.250 e. The predicted octanol–water partition coefficient (Wildman–Crippen LogP) is 2.62. The molecule has 2 rings (SSSR count). The SMILES string of the molecule is O=S(=O)(NC1CCCC1)c1ccc(Cl)s1. The van der Waals surface area contributed by atoms with E-state index in [1.54, 1.807) is 12.1 Å². The average Bonchev–Trinajstić information content (AvgIpc) is 2.75. The van der Waals surface area contributed by atoms with Crippen LogP contribution < -0.4 is 4.72 Å². The van der Waals surface area contributed by atoms with Gasteiger partial charge in [-0.25, -0.2) is 13.1 Å². The molecule has 0 aliphatic heterocycles. The number of hydrogen-bond donors (Lipinski definition) is 1. The highest BCUT2D eigenvalue weighted by atomic mass is 35.5. The van der Waals surface area contributed by atoms with E-state index in [2.05, 4.69) is 4.72 Å². The van der Waals surface area contributed by atoms with Crippen LogP contribution in [-0.4, -0.2) is 14.5 Å². The number of thiophene rings is 1. The lowest BCUT2D eigenvalue weighted by atomic mass is 10.3. The highest BCUT2D eigenvalue weighted by molar-refractivity contribution is 7.91. The summed E-state index contributed by atoms with van der Waals surface area (Å²) in [5, 5.41) is 0. The molecule has 0 spiro atoms. The first-order valence-electron chi connectivity index (χ1n) is 4.85. The Bertz CT molecular complexity index is 435. The minimum absolute atomic E-state index is 0.107. The van der Waals surface area contributed by atoms with Gasteiger partial charge in [0, 0.05) is 6.04 Å². The van der Waals surface area contributed by atoms with E-state index in [-0.39, 0.29) is 6.04 Å². The van der Waals surface area contributed by atoms with E-state index in [1.807, 2.05) is 0 Å². The van der Waals surface area contributed by atoms with Gasteiger partial charge in [0.05, 0.1) is 4.34 Å². The van der Waals surface area contributed by atoms with Crippen LogP contribution in [0.15, 0.2) is 16.3 Å². The van der Waals surface area contributed by atoms with Gasteiger partial charge in [0.1, 0.15) is 4.21 Å².